The van der Waals surface area contributed by atoms with Crippen LogP contribution < -0.4 is 14.2 Å². The Morgan fingerprint density at radius 3 is 2.49 bits per heavy atom. The molecule has 35 heavy (non-hydrogen) atoms. The van der Waals surface area contributed by atoms with Crippen LogP contribution in [0.4, 0.5) is 0 Å². The van der Waals surface area contributed by atoms with E-state index in [1.165, 1.54) is 4.31 Å². The topological polar surface area (TPSA) is 88.5 Å². The summed E-state index contributed by atoms with van der Waals surface area (Å²) in [6.45, 7) is 3.43. The van der Waals surface area contributed by atoms with Gasteiger partial charge in [-0.2, -0.15) is 4.31 Å². The van der Waals surface area contributed by atoms with Crippen LogP contribution in [0.25, 0.3) is 10.8 Å². The highest BCUT2D eigenvalue weighted by Crippen LogP contribution is 2.33. The minimum Gasteiger partial charge on any atom is -0.490 e. The van der Waals surface area contributed by atoms with Gasteiger partial charge in [-0.15, -0.1) is 0 Å². The first-order valence-electron chi connectivity index (χ1n) is 11.9. The largest absolute Gasteiger partial charge is 0.490 e. The van der Waals surface area contributed by atoms with Crippen molar-refractivity contribution in [2.75, 3.05) is 52.5 Å². The summed E-state index contributed by atoms with van der Waals surface area (Å²) in [4.78, 5) is 2.27. The van der Waals surface area contributed by atoms with Crippen molar-refractivity contribution in [1.29, 1.82) is 0 Å². The molecule has 2 aliphatic heterocycles. The van der Waals surface area contributed by atoms with Gasteiger partial charge in [-0.25, -0.2) is 8.42 Å². The second kappa shape index (κ2) is 10.4. The summed E-state index contributed by atoms with van der Waals surface area (Å²) in [5.74, 6) is 1.79. The van der Waals surface area contributed by atoms with Gasteiger partial charge in [-0.05, 0) is 23.6 Å². The third-order valence-corrected chi connectivity index (χ3v) is 8.23. The van der Waals surface area contributed by atoms with E-state index in [9.17, 15) is 13.5 Å². The van der Waals surface area contributed by atoms with Crippen LogP contribution in [0.5, 0.6) is 17.2 Å². The van der Waals surface area contributed by atoms with Crippen LogP contribution in [0.1, 0.15) is 6.42 Å². The first kappa shape index (κ1) is 23.9. The van der Waals surface area contributed by atoms with Gasteiger partial charge in [0, 0.05) is 50.6 Å². The van der Waals surface area contributed by atoms with Gasteiger partial charge >= 0.3 is 0 Å². The lowest BCUT2D eigenvalue weighted by molar-refractivity contribution is 0.0573. The monoisotopic (exact) mass is 498 g/mol. The van der Waals surface area contributed by atoms with Gasteiger partial charge in [-0.3, -0.25) is 4.90 Å². The summed E-state index contributed by atoms with van der Waals surface area (Å²) in [5, 5.41) is 12.6. The molecule has 2 heterocycles. The Balaban J connectivity index is 1.15. The summed E-state index contributed by atoms with van der Waals surface area (Å²) >= 11 is 0. The molecule has 1 N–H and O–H groups in total. The maximum absolute atomic E-state index is 13.2. The fraction of sp³-hybridized carbons (Fsp3) is 0.385. The molecule has 0 aliphatic carbocycles. The zero-order valence-electron chi connectivity index (χ0n) is 19.5. The van der Waals surface area contributed by atoms with Crippen LogP contribution >= 0.6 is 0 Å². The van der Waals surface area contributed by atoms with E-state index in [4.69, 9.17) is 14.2 Å². The minimum atomic E-state index is -3.64. The number of hydrogen-bond acceptors (Lipinski definition) is 7. The zero-order chi connectivity index (χ0) is 24.3. The predicted molar refractivity (Wildman–Crippen MR) is 133 cm³/mol. The van der Waals surface area contributed by atoms with E-state index >= 15 is 0 Å². The highest BCUT2D eigenvalue weighted by Gasteiger charge is 2.30. The maximum atomic E-state index is 13.2. The van der Waals surface area contributed by atoms with Crippen molar-refractivity contribution in [1.82, 2.24) is 9.21 Å². The third-order valence-electron chi connectivity index (χ3n) is 6.34. The standard InChI is InChI=1S/C26H30N2O6S/c29-21(19-34-24-8-3-6-20-5-1-2-7-23(20)24)18-27-11-13-28(14-12-27)35(30,31)22-9-10-25-26(17-22)33-16-4-15-32-25/h1-3,5-10,17,21,29H,4,11-16,18-19H2/t21-/m1/s1. The molecule has 0 bridgehead atoms. The highest BCUT2D eigenvalue weighted by atomic mass is 32.2. The summed E-state index contributed by atoms with van der Waals surface area (Å²) in [5.41, 5.74) is 0. The molecule has 1 saturated heterocycles. The Morgan fingerprint density at radius 1 is 0.914 bits per heavy atom. The molecule has 0 unspecified atom stereocenters. The number of fused-ring (bicyclic) bond motifs is 2. The molecule has 3 aromatic rings. The van der Waals surface area contributed by atoms with Crippen molar-refractivity contribution < 1.29 is 27.7 Å². The Hall–Kier alpha value is -2.85. The molecule has 0 aromatic heterocycles. The van der Waals surface area contributed by atoms with Gasteiger partial charge in [0.2, 0.25) is 10.0 Å². The Kier molecular flexibility index (Phi) is 7.10. The van der Waals surface area contributed by atoms with Crippen LogP contribution in [0.15, 0.2) is 65.6 Å². The average Bonchev–Trinajstić information content (AvgIpc) is 3.13. The number of piperazine rings is 1. The molecule has 5 rings (SSSR count). The Bertz CT molecular complexity index is 1270. The number of aliphatic hydroxyl groups excluding tert-OH is 1. The second-order valence-electron chi connectivity index (χ2n) is 8.81. The fourth-order valence-electron chi connectivity index (χ4n) is 4.46. The van der Waals surface area contributed by atoms with Gasteiger partial charge in [-0.1, -0.05) is 36.4 Å². The molecule has 1 fully saturated rings. The molecular weight excluding hydrogens is 468 g/mol. The van der Waals surface area contributed by atoms with Gasteiger partial charge in [0.25, 0.3) is 0 Å². The third kappa shape index (κ3) is 5.38. The van der Waals surface area contributed by atoms with E-state index in [0.29, 0.717) is 57.4 Å². The Morgan fingerprint density at radius 2 is 1.66 bits per heavy atom. The SMILES string of the molecule is O=S(=O)(c1ccc2c(c1)OCCCO2)N1CCN(C[C@@H](O)COc2cccc3ccccc23)CC1. The smallest absolute Gasteiger partial charge is 0.243 e. The predicted octanol–water partition coefficient (Wildman–Crippen LogP) is 2.75. The van der Waals surface area contributed by atoms with Crippen molar-refractivity contribution in [3.8, 4) is 17.2 Å². The molecule has 9 heteroatoms. The summed E-state index contributed by atoms with van der Waals surface area (Å²) in [6, 6.07) is 18.6. The molecule has 8 nitrogen and oxygen atoms in total. The van der Waals surface area contributed by atoms with Crippen LogP contribution in [0, 0.1) is 0 Å². The molecule has 0 amide bonds. The number of benzene rings is 3. The van der Waals surface area contributed by atoms with Gasteiger partial charge in [0.15, 0.2) is 11.5 Å². The number of β-amino-alcohol motifs (C(OH)–C–C–N with tert-alkyl or cyclic N) is 1. The number of sulfonamides is 1. The summed E-state index contributed by atoms with van der Waals surface area (Å²) in [7, 11) is -3.64. The lowest BCUT2D eigenvalue weighted by Crippen LogP contribution is -2.50. The number of aliphatic hydroxyl groups is 1. The molecule has 3 aromatic carbocycles. The van der Waals surface area contributed by atoms with E-state index < -0.39 is 16.1 Å². The van der Waals surface area contributed by atoms with Crippen molar-refractivity contribution >= 4 is 20.8 Å². The van der Waals surface area contributed by atoms with Crippen molar-refractivity contribution in [3.63, 3.8) is 0 Å². The van der Waals surface area contributed by atoms with Gasteiger partial charge in [0.1, 0.15) is 18.5 Å². The van der Waals surface area contributed by atoms with Crippen LogP contribution in [-0.2, 0) is 10.0 Å². The van der Waals surface area contributed by atoms with Crippen LogP contribution in [-0.4, -0.2) is 81.4 Å². The maximum Gasteiger partial charge on any atom is 0.243 e. The van der Waals surface area contributed by atoms with Crippen LogP contribution in [0.2, 0.25) is 0 Å². The fourth-order valence-corrected chi connectivity index (χ4v) is 5.90. The minimum absolute atomic E-state index is 0.170. The van der Waals surface area contributed by atoms with E-state index in [1.54, 1.807) is 18.2 Å². The highest BCUT2D eigenvalue weighted by molar-refractivity contribution is 7.89. The molecule has 0 radical (unpaired) electrons. The van der Waals surface area contributed by atoms with Crippen LogP contribution in [0.3, 0.4) is 0 Å². The van der Waals surface area contributed by atoms with Crippen molar-refractivity contribution in [2.45, 2.75) is 17.4 Å². The lowest BCUT2D eigenvalue weighted by Gasteiger charge is -2.34. The molecule has 2 aliphatic rings. The van der Waals surface area contributed by atoms with E-state index in [1.807, 2.05) is 42.5 Å². The van der Waals surface area contributed by atoms with E-state index in [-0.39, 0.29) is 11.5 Å². The summed E-state index contributed by atoms with van der Waals surface area (Å²) < 4.78 is 45.0. The molecule has 1 atom stereocenters. The van der Waals surface area contributed by atoms with E-state index in [0.717, 1.165) is 22.9 Å². The van der Waals surface area contributed by atoms with Gasteiger partial charge < -0.3 is 19.3 Å². The summed E-state index contributed by atoms with van der Waals surface area (Å²) in [6.07, 6.45) is 0.0798. The Labute approximate surface area is 205 Å². The van der Waals surface area contributed by atoms with Gasteiger partial charge in [0.05, 0.1) is 18.1 Å². The molecule has 0 saturated carbocycles. The number of hydrogen-bond donors (Lipinski definition) is 1. The number of nitrogens with zero attached hydrogens (tertiary/aromatic N) is 2. The van der Waals surface area contributed by atoms with Crippen molar-refractivity contribution in [2.24, 2.45) is 0 Å². The second-order valence-corrected chi connectivity index (χ2v) is 10.7. The number of rotatable bonds is 7. The zero-order valence-corrected chi connectivity index (χ0v) is 20.3. The first-order chi connectivity index (χ1) is 17.0. The molecular formula is C26H30N2O6S. The molecule has 186 valence electrons. The molecule has 0 spiro atoms. The number of ether oxygens (including phenoxy) is 3. The lowest BCUT2D eigenvalue weighted by atomic mass is 10.1. The normalized spacial score (nSPS) is 18.2. The first-order valence-corrected chi connectivity index (χ1v) is 13.4. The quantitative estimate of drug-likeness (QED) is 0.536. The average molecular weight is 499 g/mol. The van der Waals surface area contributed by atoms with E-state index in [2.05, 4.69) is 4.90 Å². The van der Waals surface area contributed by atoms with Crippen molar-refractivity contribution in [3.05, 3.63) is 60.7 Å².